The monoisotopic (exact) mass is 350 g/mol. The maximum absolute atomic E-state index is 13.2. The van der Waals surface area contributed by atoms with Gasteiger partial charge in [-0.05, 0) is 36.1 Å². The fraction of sp³-hybridized carbons (Fsp3) is 0.350. The van der Waals surface area contributed by atoms with Gasteiger partial charge in [0.2, 0.25) is 5.76 Å². The van der Waals surface area contributed by atoms with E-state index in [1.54, 1.807) is 12.3 Å². The standard InChI is InChI=1S/C20H22N4O2/c1-14(2)11-16-12-18(26-22-16)20(25)24-10-9-23-8-4-6-17(23)19(24)15-5-3-7-21-13-15/h3-8,12-14,19H,9-11H2,1-2H3/t19-/m1/s1. The summed E-state index contributed by atoms with van der Waals surface area (Å²) in [5, 5.41) is 4.06. The highest BCUT2D eigenvalue weighted by molar-refractivity contribution is 5.92. The zero-order valence-electron chi connectivity index (χ0n) is 15.0. The summed E-state index contributed by atoms with van der Waals surface area (Å²) in [6, 6.07) is 9.57. The van der Waals surface area contributed by atoms with Crippen molar-refractivity contribution in [2.45, 2.75) is 32.9 Å². The van der Waals surface area contributed by atoms with Crippen LogP contribution in [-0.4, -0.2) is 32.1 Å². The first-order valence-corrected chi connectivity index (χ1v) is 8.95. The van der Waals surface area contributed by atoms with Crippen LogP contribution in [0.3, 0.4) is 0 Å². The van der Waals surface area contributed by atoms with Crippen LogP contribution in [0.5, 0.6) is 0 Å². The van der Waals surface area contributed by atoms with Crippen LogP contribution in [0.1, 0.15) is 47.4 Å². The molecule has 134 valence electrons. The van der Waals surface area contributed by atoms with Gasteiger partial charge in [-0.2, -0.15) is 0 Å². The molecule has 6 nitrogen and oxygen atoms in total. The molecular formula is C20H22N4O2. The molecule has 0 aromatic carbocycles. The van der Waals surface area contributed by atoms with Crippen LogP contribution >= 0.6 is 0 Å². The average molecular weight is 350 g/mol. The second kappa shape index (κ2) is 6.78. The maximum atomic E-state index is 13.2. The first-order chi connectivity index (χ1) is 12.6. The molecule has 0 bridgehead atoms. The summed E-state index contributed by atoms with van der Waals surface area (Å²) in [7, 11) is 0. The Morgan fingerprint density at radius 3 is 2.96 bits per heavy atom. The van der Waals surface area contributed by atoms with Crippen LogP contribution in [0.25, 0.3) is 0 Å². The number of nitrogens with zero attached hydrogens (tertiary/aromatic N) is 4. The summed E-state index contributed by atoms with van der Waals surface area (Å²) in [4.78, 5) is 19.3. The van der Waals surface area contributed by atoms with Gasteiger partial charge in [-0.1, -0.05) is 25.1 Å². The molecule has 4 rings (SSSR count). The molecular weight excluding hydrogens is 328 g/mol. The van der Waals surface area contributed by atoms with Crippen molar-refractivity contribution in [3.05, 3.63) is 71.6 Å². The molecule has 0 spiro atoms. The number of hydrogen-bond donors (Lipinski definition) is 0. The Morgan fingerprint density at radius 2 is 2.19 bits per heavy atom. The van der Waals surface area contributed by atoms with Crippen LogP contribution in [0, 0.1) is 5.92 Å². The molecule has 0 aliphatic carbocycles. The summed E-state index contributed by atoms with van der Waals surface area (Å²) in [5.41, 5.74) is 2.89. The molecule has 26 heavy (non-hydrogen) atoms. The van der Waals surface area contributed by atoms with Crippen LogP contribution in [0.4, 0.5) is 0 Å². The highest BCUT2D eigenvalue weighted by Gasteiger charge is 2.34. The van der Waals surface area contributed by atoms with E-state index in [2.05, 4.69) is 40.8 Å². The van der Waals surface area contributed by atoms with Crippen molar-refractivity contribution in [3.63, 3.8) is 0 Å². The predicted octanol–water partition coefficient (Wildman–Crippen LogP) is 3.32. The van der Waals surface area contributed by atoms with E-state index < -0.39 is 0 Å². The third kappa shape index (κ3) is 3.03. The molecule has 0 fully saturated rings. The third-order valence-electron chi connectivity index (χ3n) is 4.69. The number of carbonyl (C=O) groups is 1. The Hall–Kier alpha value is -2.89. The van der Waals surface area contributed by atoms with Crippen LogP contribution in [0.15, 0.2) is 53.4 Å². The van der Waals surface area contributed by atoms with Gasteiger partial charge in [0.05, 0.1) is 11.7 Å². The molecule has 4 heterocycles. The molecule has 0 saturated heterocycles. The molecule has 0 N–H and O–H groups in total. The van der Waals surface area contributed by atoms with Gasteiger partial charge >= 0.3 is 0 Å². The van der Waals surface area contributed by atoms with E-state index in [0.29, 0.717) is 18.2 Å². The minimum Gasteiger partial charge on any atom is -0.351 e. The molecule has 3 aromatic heterocycles. The number of rotatable bonds is 4. The molecule has 0 radical (unpaired) electrons. The summed E-state index contributed by atoms with van der Waals surface area (Å²) in [5.74, 6) is 0.632. The predicted molar refractivity (Wildman–Crippen MR) is 96.6 cm³/mol. The van der Waals surface area contributed by atoms with E-state index in [0.717, 1.165) is 29.9 Å². The van der Waals surface area contributed by atoms with Crippen LogP contribution < -0.4 is 0 Å². The Bertz CT molecular complexity index is 897. The second-order valence-electron chi connectivity index (χ2n) is 7.09. The van der Waals surface area contributed by atoms with Crippen molar-refractivity contribution in [1.82, 2.24) is 19.6 Å². The minimum absolute atomic E-state index is 0.131. The van der Waals surface area contributed by atoms with E-state index in [1.165, 1.54) is 0 Å². The van der Waals surface area contributed by atoms with Crippen molar-refractivity contribution >= 4 is 5.91 Å². The molecule has 1 atom stereocenters. The fourth-order valence-corrected chi connectivity index (χ4v) is 3.56. The van der Waals surface area contributed by atoms with E-state index in [4.69, 9.17) is 4.52 Å². The lowest BCUT2D eigenvalue weighted by atomic mass is 10.0. The molecule has 0 unspecified atom stereocenters. The average Bonchev–Trinajstić information content (AvgIpc) is 3.29. The molecule has 1 aliphatic rings. The van der Waals surface area contributed by atoms with Crippen molar-refractivity contribution in [2.75, 3.05) is 6.54 Å². The van der Waals surface area contributed by atoms with E-state index in [9.17, 15) is 4.79 Å². The van der Waals surface area contributed by atoms with Crippen LogP contribution in [-0.2, 0) is 13.0 Å². The maximum Gasteiger partial charge on any atom is 0.293 e. The summed E-state index contributed by atoms with van der Waals surface area (Å²) >= 11 is 0. The lowest BCUT2D eigenvalue weighted by molar-refractivity contribution is 0.0621. The highest BCUT2D eigenvalue weighted by atomic mass is 16.5. The zero-order valence-corrected chi connectivity index (χ0v) is 15.0. The van der Waals surface area contributed by atoms with E-state index in [1.807, 2.05) is 29.3 Å². The lowest BCUT2D eigenvalue weighted by Gasteiger charge is -2.36. The molecule has 1 aliphatic heterocycles. The first kappa shape index (κ1) is 16.6. The van der Waals surface area contributed by atoms with Gasteiger partial charge in [0.1, 0.15) is 0 Å². The molecule has 0 saturated carbocycles. The number of carbonyl (C=O) groups excluding carboxylic acids is 1. The molecule has 6 heteroatoms. The van der Waals surface area contributed by atoms with Gasteiger partial charge in [0.15, 0.2) is 0 Å². The van der Waals surface area contributed by atoms with Gasteiger partial charge in [0.25, 0.3) is 5.91 Å². The summed E-state index contributed by atoms with van der Waals surface area (Å²) in [6.45, 7) is 5.61. The van der Waals surface area contributed by atoms with Gasteiger partial charge in [-0.25, -0.2) is 0 Å². The summed E-state index contributed by atoms with van der Waals surface area (Å²) in [6.07, 6.45) is 6.41. The van der Waals surface area contributed by atoms with E-state index >= 15 is 0 Å². The Labute approximate surface area is 152 Å². The molecule has 1 amide bonds. The number of fused-ring (bicyclic) bond motifs is 1. The van der Waals surface area contributed by atoms with Gasteiger partial charge in [-0.3, -0.25) is 9.78 Å². The third-order valence-corrected chi connectivity index (χ3v) is 4.69. The quantitative estimate of drug-likeness (QED) is 0.724. The zero-order chi connectivity index (χ0) is 18.1. The second-order valence-corrected chi connectivity index (χ2v) is 7.09. The fourth-order valence-electron chi connectivity index (χ4n) is 3.56. The molecule has 3 aromatic rings. The largest absolute Gasteiger partial charge is 0.351 e. The SMILES string of the molecule is CC(C)Cc1cc(C(=O)N2CCn3cccc3[C@H]2c2cccnc2)on1. The number of amides is 1. The topological polar surface area (TPSA) is 64.2 Å². The van der Waals surface area contributed by atoms with Crippen molar-refractivity contribution in [1.29, 1.82) is 0 Å². The van der Waals surface area contributed by atoms with Crippen LogP contribution in [0.2, 0.25) is 0 Å². The highest BCUT2D eigenvalue weighted by Crippen LogP contribution is 2.33. The number of pyridine rings is 1. The smallest absolute Gasteiger partial charge is 0.293 e. The Kier molecular flexibility index (Phi) is 4.32. The van der Waals surface area contributed by atoms with Gasteiger partial charge in [0, 0.05) is 43.4 Å². The Balaban J connectivity index is 1.68. The van der Waals surface area contributed by atoms with Crippen molar-refractivity contribution in [3.8, 4) is 0 Å². The van der Waals surface area contributed by atoms with Gasteiger partial charge in [-0.15, -0.1) is 0 Å². The van der Waals surface area contributed by atoms with E-state index in [-0.39, 0.29) is 11.9 Å². The van der Waals surface area contributed by atoms with Crippen molar-refractivity contribution in [2.24, 2.45) is 5.92 Å². The normalized spacial score (nSPS) is 16.7. The first-order valence-electron chi connectivity index (χ1n) is 8.95. The number of aromatic nitrogens is 3. The minimum atomic E-state index is -0.182. The number of hydrogen-bond acceptors (Lipinski definition) is 4. The lowest BCUT2D eigenvalue weighted by Crippen LogP contribution is -2.42. The van der Waals surface area contributed by atoms with Gasteiger partial charge < -0.3 is 14.0 Å². The Morgan fingerprint density at radius 1 is 1.31 bits per heavy atom. The van der Waals surface area contributed by atoms with Crippen molar-refractivity contribution < 1.29 is 9.32 Å². The summed E-state index contributed by atoms with van der Waals surface area (Å²) < 4.78 is 7.56.